The normalized spacial score (nSPS) is 19.1. The van der Waals surface area contributed by atoms with Crippen molar-refractivity contribution < 1.29 is 9.18 Å². The summed E-state index contributed by atoms with van der Waals surface area (Å²) in [5.74, 6) is 0.649. The van der Waals surface area contributed by atoms with Crippen LogP contribution in [0.2, 0.25) is 0 Å². The minimum Gasteiger partial charge on any atom is -0.356 e. The highest BCUT2D eigenvalue weighted by Crippen LogP contribution is 2.15. The van der Waals surface area contributed by atoms with E-state index in [1.807, 2.05) is 0 Å². The van der Waals surface area contributed by atoms with Gasteiger partial charge in [0, 0.05) is 19.5 Å². The number of likely N-dealkylation sites (tertiary alicyclic amines) is 1. The number of nitrogens with one attached hydrogen (secondary N) is 1. The van der Waals surface area contributed by atoms with Crippen molar-refractivity contribution in [2.45, 2.75) is 39.0 Å². The molecule has 1 aromatic carbocycles. The third kappa shape index (κ3) is 6.14. The van der Waals surface area contributed by atoms with Crippen LogP contribution in [0, 0.1) is 11.7 Å². The zero-order valence-electron chi connectivity index (χ0n) is 13.5. The van der Waals surface area contributed by atoms with Crippen LogP contribution in [0.3, 0.4) is 0 Å². The summed E-state index contributed by atoms with van der Waals surface area (Å²) >= 11 is 0. The van der Waals surface area contributed by atoms with Crippen LogP contribution in [0.4, 0.5) is 4.39 Å². The van der Waals surface area contributed by atoms with Gasteiger partial charge in [0.2, 0.25) is 5.91 Å². The molecule has 0 saturated carbocycles. The number of carbonyl (C=O) groups excluding carboxylic acids is 1. The Labute approximate surface area is 132 Å². The quantitative estimate of drug-likeness (QED) is 0.786. The molecule has 4 heteroatoms. The van der Waals surface area contributed by atoms with Crippen molar-refractivity contribution >= 4 is 5.91 Å². The van der Waals surface area contributed by atoms with Crippen LogP contribution in [0.15, 0.2) is 24.3 Å². The lowest BCUT2D eigenvalue weighted by molar-refractivity contribution is -0.121. The molecule has 3 nitrogen and oxygen atoms in total. The molecule has 22 heavy (non-hydrogen) atoms. The molecule has 0 aromatic heterocycles. The Morgan fingerprint density at radius 1 is 1.36 bits per heavy atom. The van der Waals surface area contributed by atoms with Gasteiger partial charge in [0.25, 0.3) is 0 Å². The average Bonchev–Trinajstić information content (AvgIpc) is 2.51. The van der Waals surface area contributed by atoms with Gasteiger partial charge in [0.15, 0.2) is 0 Å². The third-order valence-electron chi connectivity index (χ3n) is 4.27. The van der Waals surface area contributed by atoms with E-state index in [1.165, 1.54) is 38.1 Å². The highest BCUT2D eigenvalue weighted by molar-refractivity contribution is 5.76. The van der Waals surface area contributed by atoms with Crippen molar-refractivity contribution in [2.75, 3.05) is 26.2 Å². The lowest BCUT2D eigenvalue weighted by Gasteiger charge is -2.30. The topological polar surface area (TPSA) is 32.3 Å². The number of nitrogens with zero attached hydrogens (tertiary/aromatic N) is 1. The van der Waals surface area contributed by atoms with Crippen LogP contribution < -0.4 is 5.32 Å². The van der Waals surface area contributed by atoms with Crippen LogP contribution in [0.5, 0.6) is 0 Å². The van der Waals surface area contributed by atoms with Gasteiger partial charge >= 0.3 is 0 Å². The Morgan fingerprint density at radius 2 is 2.14 bits per heavy atom. The van der Waals surface area contributed by atoms with Crippen LogP contribution in [-0.4, -0.2) is 37.0 Å². The SMILES string of the molecule is C[C@@H]1CCCN(CCCNC(=O)CCc2ccc(F)cc2)C1. The van der Waals surface area contributed by atoms with Crippen LogP contribution in [0.1, 0.15) is 38.2 Å². The molecule has 1 amide bonds. The van der Waals surface area contributed by atoms with Gasteiger partial charge in [-0.15, -0.1) is 0 Å². The second-order valence-electron chi connectivity index (χ2n) is 6.38. The van der Waals surface area contributed by atoms with Crippen LogP contribution in [0.25, 0.3) is 0 Å². The van der Waals surface area contributed by atoms with Crippen molar-refractivity contribution in [2.24, 2.45) is 5.92 Å². The summed E-state index contributed by atoms with van der Waals surface area (Å²) in [5.41, 5.74) is 0.999. The highest BCUT2D eigenvalue weighted by Gasteiger charge is 2.15. The maximum Gasteiger partial charge on any atom is 0.220 e. The van der Waals surface area contributed by atoms with E-state index in [9.17, 15) is 9.18 Å². The van der Waals surface area contributed by atoms with Gasteiger partial charge in [0.1, 0.15) is 5.82 Å². The van der Waals surface area contributed by atoms with Crippen molar-refractivity contribution in [3.05, 3.63) is 35.6 Å². The van der Waals surface area contributed by atoms with Gasteiger partial charge in [-0.1, -0.05) is 19.1 Å². The monoisotopic (exact) mass is 306 g/mol. The van der Waals surface area contributed by atoms with Gasteiger partial charge in [-0.2, -0.15) is 0 Å². The van der Waals surface area contributed by atoms with E-state index >= 15 is 0 Å². The first-order valence-electron chi connectivity index (χ1n) is 8.37. The number of amides is 1. The summed E-state index contributed by atoms with van der Waals surface area (Å²) in [6.07, 6.45) is 4.78. The Kier molecular flexibility index (Phi) is 6.84. The Balaban J connectivity index is 1.55. The minimum absolute atomic E-state index is 0.0799. The molecular formula is C18H27FN2O. The molecule has 0 spiro atoms. The van der Waals surface area contributed by atoms with Crippen molar-refractivity contribution in [1.82, 2.24) is 10.2 Å². The fourth-order valence-electron chi connectivity index (χ4n) is 3.02. The van der Waals surface area contributed by atoms with E-state index in [0.29, 0.717) is 12.8 Å². The molecule has 1 N–H and O–H groups in total. The van der Waals surface area contributed by atoms with Gasteiger partial charge in [-0.3, -0.25) is 4.79 Å². The second kappa shape index (κ2) is 8.89. The lowest BCUT2D eigenvalue weighted by Crippen LogP contribution is -2.36. The van der Waals surface area contributed by atoms with E-state index in [0.717, 1.165) is 31.0 Å². The molecule has 1 aliphatic rings. The summed E-state index contributed by atoms with van der Waals surface area (Å²) in [5, 5.41) is 2.98. The standard InChI is InChI=1S/C18H27FN2O/c1-15-4-2-12-21(14-15)13-3-11-20-18(22)10-7-16-5-8-17(19)9-6-16/h5-6,8-9,15H,2-4,7,10-14H2,1H3,(H,20,22)/t15-/m1/s1. The highest BCUT2D eigenvalue weighted by atomic mass is 19.1. The van der Waals surface area contributed by atoms with E-state index in [2.05, 4.69) is 17.1 Å². The summed E-state index contributed by atoms with van der Waals surface area (Å²) < 4.78 is 12.8. The van der Waals surface area contributed by atoms with Gasteiger partial charge in [0.05, 0.1) is 0 Å². The Hall–Kier alpha value is -1.42. The summed E-state index contributed by atoms with van der Waals surface area (Å²) in [4.78, 5) is 14.3. The summed E-state index contributed by atoms with van der Waals surface area (Å²) in [6, 6.07) is 6.35. The molecule has 1 aromatic rings. The Bertz CT molecular complexity index is 461. The predicted octanol–water partition coefficient (Wildman–Crippen LogP) is 3.00. The average molecular weight is 306 g/mol. The third-order valence-corrected chi connectivity index (χ3v) is 4.27. The zero-order chi connectivity index (χ0) is 15.8. The minimum atomic E-state index is -0.236. The predicted molar refractivity (Wildman–Crippen MR) is 87.2 cm³/mol. The van der Waals surface area contributed by atoms with Crippen molar-refractivity contribution in [3.8, 4) is 0 Å². The number of rotatable bonds is 7. The second-order valence-corrected chi connectivity index (χ2v) is 6.38. The summed E-state index contributed by atoms with van der Waals surface area (Å²) in [7, 11) is 0. The number of halogens is 1. The van der Waals surface area contributed by atoms with Gasteiger partial charge in [-0.25, -0.2) is 4.39 Å². The maximum atomic E-state index is 12.8. The van der Waals surface area contributed by atoms with Crippen LogP contribution in [-0.2, 0) is 11.2 Å². The van der Waals surface area contributed by atoms with E-state index in [4.69, 9.17) is 0 Å². The molecule has 0 unspecified atom stereocenters. The van der Waals surface area contributed by atoms with Crippen molar-refractivity contribution in [1.29, 1.82) is 0 Å². The molecule has 1 heterocycles. The number of hydrogen-bond acceptors (Lipinski definition) is 2. The molecule has 0 aliphatic carbocycles. The number of hydrogen-bond donors (Lipinski definition) is 1. The van der Waals surface area contributed by atoms with E-state index < -0.39 is 0 Å². The Morgan fingerprint density at radius 3 is 2.86 bits per heavy atom. The molecule has 1 atom stereocenters. The number of piperidine rings is 1. The van der Waals surface area contributed by atoms with Crippen LogP contribution >= 0.6 is 0 Å². The number of aryl methyl sites for hydroxylation is 1. The first-order valence-corrected chi connectivity index (χ1v) is 8.37. The van der Waals surface area contributed by atoms with Gasteiger partial charge in [-0.05, 0) is 62.4 Å². The fraction of sp³-hybridized carbons (Fsp3) is 0.611. The number of carbonyl (C=O) groups is 1. The molecule has 2 rings (SSSR count). The molecular weight excluding hydrogens is 279 g/mol. The molecule has 122 valence electrons. The maximum absolute atomic E-state index is 12.8. The van der Waals surface area contributed by atoms with Gasteiger partial charge < -0.3 is 10.2 Å². The smallest absolute Gasteiger partial charge is 0.220 e. The first-order chi connectivity index (χ1) is 10.6. The molecule has 0 radical (unpaired) electrons. The fourth-order valence-corrected chi connectivity index (χ4v) is 3.02. The molecule has 1 aliphatic heterocycles. The molecule has 1 fully saturated rings. The zero-order valence-corrected chi connectivity index (χ0v) is 13.5. The number of benzene rings is 1. The molecule has 1 saturated heterocycles. The first kappa shape index (κ1) is 16.9. The van der Waals surface area contributed by atoms with E-state index in [-0.39, 0.29) is 11.7 Å². The molecule has 0 bridgehead atoms. The summed E-state index contributed by atoms with van der Waals surface area (Å²) in [6.45, 7) is 6.51. The largest absolute Gasteiger partial charge is 0.356 e. The lowest BCUT2D eigenvalue weighted by atomic mass is 10.0. The van der Waals surface area contributed by atoms with Crippen molar-refractivity contribution in [3.63, 3.8) is 0 Å². The van der Waals surface area contributed by atoms with E-state index in [1.54, 1.807) is 12.1 Å².